The van der Waals surface area contributed by atoms with Crippen LogP contribution in [0.2, 0.25) is 0 Å². The monoisotopic (exact) mass is 439 g/mol. The number of rotatable bonds is 4. The number of hydrogen-bond acceptors (Lipinski definition) is 4. The molecule has 2 aromatic carbocycles. The van der Waals surface area contributed by atoms with Gasteiger partial charge in [0.25, 0.3) is 0 Å². The lowest BCUT2D eigenvalue weighted by Gasteiger charge is -2.22. The summed E-state index contributed by atoms with van der Waals surface area (Å²) in [4.78, 5) is 27.9. The molecule has 6 heteroatoms. The number of halogens is 1. The lowest BCUT2D eigenvalue weighted by molar-refractivity contribution is -0.153. The van der Waals surface area contributed by atoms with Crippen LogP contribution in [0.4, 0.5) is 5.69 Å². The van der Waals surface area contributed by atoms with E-state index in [1.54, 1.807) is 4.90 Å². The third-order valence-electron chi connectivity index (χ3n) is 5.74. The van der Waals surface area contributed by atoms with Gasteiger partial charge in [-0.1, -0.05) is 54.6 Å². The van der Waals surface area contributed by atoms with Crippen LogP contribution in [-0.2, 0) is 25.7 Å². The average molecular weight is 440 g/mol. The van der Waals surface area contributed by atoms with Crippen LogP contribution in [0.3, 0.4) is 0 Å². The zero-order valence-electron chi connectivity index (χ0n) is 15.0. The summed E-state index contributed by atoms with van der Waals surface area (Å²) < 4.78 is 12.5. The normalized spacial score (nSPS) is 30.0. The van der Waals surface area contributed by atoms with Crippen molar-refractivity contribution in [1.82, 2.24) is 0 Å². The lowest BCUT2D eigenvalue weighted by Crippen LogP contribution is -2.40. The molecule has 2 fully saturated rings. The second kappa shape index (κ2) is 6.57. The highest BCUT2D eigenvalue weighted by Crippen LogP contribution is 2.53. The molecule has 1 amide bonds. The SMILES string of the molecule is O=C(OCc1ccccc1)[C@@H]1[C@H]2C(=O)N(c3ccccc3Br)C[C@@]23C=C[C@H]1O3. The van der Waals surface area contributed by atoms with Crippen molar-refractivity contribution in [3.05, 3.63) is 76.8 Å². The maximum absolute atomic E-state index is 13.3. The Morgan fingerprint density at radius 2 is 1.93 bits per heavy atom. The third kappa shape index (κ3) is 2.63. The van der Waals surface area contributed by atoms with E-state index >= 15 is 0 Å². The minimum Gasteiger partial charge on any atom is -0.460 e. The Morgan fingerprint density at radius 3 is 2.71 bits per heavy atom. The smallest absolute Gasteiger partial charge is 0.313 e. The first-order chi connectivity index (χ1) is 13.6. The highest BCUT2D eigenvalue weighted by molar-refractivity contribution is 9.10. The molecule has 0 unspecified atom stereocenters. The number of ether oxygens (including phenoxy) is 2. The first kappa shape index (κ1) is 17.6. The van der Waals surface area contributed by atoms with Crippen LogP contribution >= 0.6 is 15.9 Å². The summed E-state index contributed by atoms with van der Waals surface area (Å²) in [5, 5.41) is 0. The maximum Gasteiger partial charge on any atom is 0.313 e. The van der Waals surface area contributed by atoms with Crippen LogP contribution in [0.25, 0.3) is 0 Å². The number of fused-ring (bicyclic) bond motifs is 1. The molecular formula is C22H18BrNO4. The summed E-state index contributed by atoms with van der Waals surface area (Å²) in [6.45, 7) is 0.586. The molecule has 3 aliphatic heterocycles. The fourth-order valence-corrected chi connectivity index (χ4v) is 4.97. The first-order valence-electron chi connectivity index (χ1n) is 9.23. The van der Waals surface area contributed by atoms with Crippen molar-refractivity contribution >= 4 is 33.5 Å². The lowest BCUT2D eigenvalue weighted by atomic mass is 9.77. The minimum absolute atomic E-state index is 0.0968. The number of esters is 1. The van der Waals surface area contributed by atoms with E-state index in [4.69, 9.17) is 9.47 Å². The van der Waals surface area contributed by atoms with Crippen molar-refractivity contribution in [1.29, 1.82) is 0 Å². The van der Waals surface area contributed by atoms with Crippen molar-refractivity contribution in [2.45, 2.75) is 18.3 Å². The Morgan fingerprint density at radius 1 is 1.18 bits per heavy atom. The molecule has 4 atom stereocenters. The van der Waals surface area contributed by atoms with Gasteiger partial charge in [-0.15, -0.1) is 0 Å². The van der Waals surface area contributed by atoms with Crippen LogP contribution in [0.5, 0.6) is 0 Å². The fourth-order valence-electron chi connectivity index (χ4n) is 4.47. The van der Waals surface area contributed by atoms with Crippen molar-refractivity contribution in [3.63, 3.8) is 0 Å². The molecule has 0 saturated carbocycles. The second-order valence-corrected chi connectivity index (χ2v) is 8.22. The first-order valence-corrected chi connectivity index (χ1v) is 10.0. The number of hydrogen-bond donors (Lipinski definition) is 0. The predicted molar refractivity (Wildman–Crippen MR) is 106 cm³/mol. The van der Waals surface area contributed by atoms with Crippen LogP contribution in [-0.4, -0.2) is 30.1 Å². The number of para-hydroxylation sites is 1. The van der Waals surface area contributed by atoms with E-state index in [-0.39, 0.29) is 18.5 Å². The summed E-state index contributed by atoms with van der Waals surface area (Å²) in [6, 6.07) is 17.1. The number of carbonyl (C=O) groups is 2. The molecule has 0 aromatic heterocycles. The zero-order chi connectivity index (χ0) is 19.3. The highest BCUT2D eigenvalue weighted by atomic mass is 79.9. The topological polar surface area (TPSA) is 55.8 Å². The Labute approximate surface area is 171 Å². The molecule has 3 aliphatic rings. The molecule has 142 valence electrons. The summed E-state index contributed by atoms with van der Waals surface area (Å²) in [7, 11) is 0. The van der Waals surface area contributed by atoms with Gasteiger partial charge in [-0.25, -0.2) is 0 Å². The van der Waals surface area contributed by atoms with Gasteiger partial charge in [0.05, 0.1) is 24.3 Å². The average Bonchev–Trinajstić information content (AvgIpc) is 3.36. The number of carbonyl (C=O) groups excluding carboxylic acids is 2. The second-order valence-electron chi connectivity index (χ2n) is 7.37. The van der Waals surface area contributed by atoms with Gasteiger partial charge in [0.1, 0.15) is 18.1 Å². The molecule has 2 aromatic rings. The van der Waals surface area contributed by atoms with E-state index in [1.807, 2.05) is 66.7 Å². The van der Waals surface area contributed by atoms with Gasteiger partial charge < -0.3 is 14.4 Å². The number of anilines is 1. The van der Waals surface area contributed by atoms with Crippen LogP contribution in [0, 0.1) is 11.8 Å². The molecule has 3 heterocycles. The molecule has 5 rings (SSSR count). The van der Waals surface area contributed by atoms with E-state index in [0.29, 0.717) is 6.54 Å². The standard InChI is InChI=1S/C22H18BrNO4/c23-15-8-4-5-9-16(15)24-13-22-11-10-17(28-22)18(19(22)20(24)25)21(26)27-12-14-6-2-1-3-7-14/h1-11,17-19H,12-13H2/t17-,18+,19+,22+/m1/s1. The molecule has 1 spiro atoms. The quantitative estimate of drug-likeness (QED) is 0.540. The summed E-state index contributed by atoms with van der Waals surface area (Å²) in [6.07, 6.45) is 3.43. The van der Waals surface area contributed by atoms with Gasteiger partial charge in [-0.05, 0) is 33.6 Å². The Kier molecular flexibility index (Phi) is 4.14. The molecule has 2 saturated heterocycles. The minimum atomic E-state index is -0.756. The Balaban J connectivity index is 1.40. The van der Waals surface area contributed by atoms with Gasteiger partial charge in [-0.2, -0.15) is 0 Å². The van der Waals surface area contributed by atoms with E-state index in [0.717, 1.165) is 15.7 Å². The maximum atomic E-state index is 13.3. The highest BCUT2D eigenvalue weighted by Gasteiger charge is 2.67. The number of nitrogens with zero attached hydrogens (tertiary/aromatic N) is 1. The van der Waals surface area contributed by atoms with Gasteiger partial charge in [0.2, 0.25) is 5.91 Å². The van der Waals surface area contributed by atoms with Crippen LogP contribution in [0.15, 0.2) is 71.2 Å². The Bertz CT molecular complexity index is 976. The van der Waals surface area contributed by atoms with Gasteiger partial charge in [-0.3, -0.25) is 9.59 Å². The fraction of sp³-hybridized carbons (Fsp3) is 0.273. The third-order valence-corrected chi connectivity index (χ3v) is 6.41. The molecule has 0 radical (unpaired) electrons. The molecule has 28 heavy (non-hydrogen) atoms. The van der Waals surface area contributed by atoms with Crippen molar-refractivity contribution in [2.75, 3.05) is 11.4 Å². The van der Waals surface area contributed by atoms with E-state index < -0.39 is 23.5 Å². The van der Waals surface area contributed by atoms with Crippen LogP contribution in [0.1, 0.15) is 5.56 Å². The summed E-state index contributed by atoms with van der Waals surface area (Å²) in [5.41, 5.74) is 0.943. The van der Waals surface area contributed by atoms with Crippen LogP contribution < -0.4 is 4.90 Å². The number of amides is 1. The van der Waals surface area contributed by atoms with Gasteiger partial charge in [0, 0.05) is 4.47 Å². The van der Waals surface area contributed by atoms with Gasteiger partial charge >= 0.3 is 5.97 Å². The summed E-state index contributed by atoms with van der Waals surface area (Å²) in [5.74, 6) is -1.65. The van der Waals surface area contributed by atoms with Crippen molar-refractivity contribution in [3.8, 4) is 0 Å². The van der Waals surface area contributed by atoms with Crippen molar-refractivity contribution in [2.24, 2.45) is 11.8 Å². The number of benzene rings is 2. The summed E-state index contributed by atoms with van der Waals surface area (Å²) >= 11 is 3.51. The predicted octanol–water partition coefficient (Wildman–Crippen LogP) is 3.48. The van der Waals surface area contributed by atoms with E-state index in [2.05, 4.69) is 15.9 Å². The molecular weight excluding hydrogens is 422 g/mol. The van der Waals surface area contributed by atoms with E-state index in [9.17, 15) is 9.59 Å². The van der Waals surface area contributed by atoms with Crippen molar-refractivity contribution < 1.29 is 19.1 Å². The molecule has 2 bridgehead atoms. The zero-order valence-corrected chi connectivity index (χ0v) is 16.5. The van der Waals surface area contributed by atoms with Gasteiger partial charge in [0.15, 0.2) is 0 Å². The largest absolute Gasteiger partial charge is 0.460 e. The van der Waals surface area contributed by atoms with E-state index in [1.165, 1.54) is 0 Å². The molecule has 5 nitrogen and oxygen atoms in total. The Hall–Kier alpha value is -2.44. The molecule has 0 N–H and O–H groups in total. The molecule has 0 aliphatic carbocycles.